The number of aryl methyl sites for hydroxylation is 1. The predicted octanol–water partition coefficient (Wildman–Crippen LogP) is 1.07. The molecule has 1 aromatic heterocycles. The van der Waals surface area contributed by atoms with Gasteiger partial charge in [0.15, 0.2) is 0 Å². The van der Waals surface area contributed by atoms with Crippen LogP contribution in [0.15, 0.2) is 23.1 Å². The Labute approximate surface area is 95.3 Å². The van der Waals surface area contributed by atoms with Gasteiger partial charge in [0.2, 0.25) is 5.91 Å². The number of pyridine rings is 1. The lowest BCUT2D eigenvalue weighted by Crippen LogP contribution is -2.32. The summed E-state index contributed by atoms with van der Waals surface area (Å²) in [4.78, 5) is 22.9. The zero-order chi connectivity index (χ0) is 12.0. The van der Waals surface area contributed by atoms with Crippen LogP contribution in [0.2, 0.25) is 0 Å². The second-order valence-electron chi connectivity index (χ2n) is 3.88. The lowest BCUT2D eigenvalue weighted by Gasteiger charge is -2.07. The first-order valence-electron chi connectivity index (χ1n) is 5.57. The number of hydrogen-bond acceptors (Lipinski definition) is 2. The maximum Gasteiger partial charge on any atom is 0.251 e. The van der Waals surface area contributed by atoms with E-state index in [2.05, 4.69) is 12.2 Å². The molecule has 0 aliphatic rings. The van der Waals surface area contributed by atoms with Gasteiger partial charge in [-0.1, -0.05) is 19.4 Å². The summed E-state index contributed by atoms with van der Waals surface area (Å²) in [5, 5.41) is 2.78. The van der Waals surface area contributed by atoms with Gasteiger partial charge >= 0.3 is 0 Å². The number of carbonyl (C=O) groups is 1. The molecule has 0 fully saturated rings. The van der Waals surface area contributed by atoms with Crippen molar-refractivity contribution in [2.24, 2.45) is 0 Å². The van der Waals surface area contributed by atoms with E-state index in [0.29, 0.717) is 6.54 Å². The Morgan fingerprint density at radius 3 is 2.88 bits per heavy atom. The molecule has 16 heavy (non-hydrogen) atoms. The first-order chi connectivity index (χ1) is 7.63. The molecule has 4 heteroatoms. The Balaban J connectivity index is 2.56. The van der Waals surface area contributed by atoms with E-state index in [1.165, 1.54) is 10.6 Å². The van der Waals surface area contributed by atoms with Crippen molar-refractivity contribution in [3.8, 4) is 0 Å². The van der Waals surface area contributed by atoms with Crippen LogP contribution < -0.4 is 10.9 Å². The summed E-state index contributed by atoms with van der Waals surface area (Å²) in [6.07, 6.45) is 3.71. The van der Waals surface area contributed by atoms with Gasteiger partial charge in [-0.05, 0) is 18.9 Å². The SMILES string of the molecule is CCCCNC(=O)Cn1cc(C)ccc1=O. The molecule has 1 rings (SSSR count). The zero-order valence-electron chi connectivity index (χ0n) is 9.82. The van der Waals surface area contributed by atoms with Crippen molar-refractivity contribution < 1.29 is 4.79 Å². The van der Waals surface area contributed by atoms with Gasteiger partial charge in [0.1, 0.15) is 6.54 Å². The lowest BCUT2D eigenvalue weighted by molar-refractivity contribution is -0.121. The number of unbranched alkanes of at least 4 members (excludes halogenated alkanes) is 1. The standard InChI is InChI=1S/C12H18N2O2/c1-3-4-7-13-11(15)9-14-8-10(2)5-6-12(14)16/h5-6,8H,3-4,7,9H2,1-2H3,(H,13,15). The smallest absolute Gasteiger partial charge is 0.251 e. The molecule has 1 amide bonds. The molecule has 1 aromatic rings. The Bertz CT molecular complexity index is 410. The fraction of sp³-hybridized carbons (Fsp3) is 0.500. The van der Waals surface area contributed by atoms with Crippen molar-refractivity contribution in [3.05, 3.63) is 34.2 Å². The second-order valence-corrected chi connectivity index (χ2v) is 3.88. The van der Waals surface area contributed by atoms with E-state index in [1.54, 1.807) is 12.3 Å². The maximum absolute atomic E-state index is 11.5. The van der Waals surface area contributed by atoms with Crippen LogP contribution in [0.1, 0.15) is 25.3 Å². The molecule has 1 N–H and O–H groups in total. The molecule has 0 saturated carbocycles. The largest absolute Gasteiger partial charge is 0.355 e. The van der Waals surface area contributed by atoms with Gasteiger partial charge < -0.3 is 9.88 Å². The molecular formula is C12H18N2O2. The molecule has 0 aliphatic carbocycles. The molecule has 0 unspecified atom stereocenters. The molecule has 4 nitrogen and oxygen atoms in total. The lowest BCUT2D eigenvalue weighted by atomic mass is 10.3. The van der Waals surface area contributed by atoms with Crippen LogP contribution in [0.5, 0.6) is 0 Å². The van der Waals surface area contributed by atoms with Gasteiger partial charge in [0, 0.05) is 18.8 Å². The van der Waals surface area contributed by atoms with Crippen molar-refractivity contribution in [3.63, 3.8) is 0 Å². The molecule has 0 aliphatic heterocycles. The molecule has 0 radical (unpaired) electrons. The van der Waals surface area contributed by atoms with Crippen LogP contribution in [0.4, 0.5) is 0 Å². The van der Waals surface area contributed by atoms with E-state index in [0.717, 1.165) is 18.4 Å². The maximum atomic E-state index is 11.5. The van der Waals surface area contributed by atoms with E-state index in [-0.39, 0.29) is 18.0 Å². The van der Waals surface area contributed by atoms with Crippen molar-refractivity contribution >= 4 is 5.91 Å². The molecule has 88 valence electrons. The number of rotatable bonds is 5. The highest BCUT2D eigenvalue weighted by molar-refractivity contribution is 5.75. The summed E-state index contributed by atoms with van der Waals surface area (Å²) in [6, 6.07) is 3.22. The number of nitrogens with zero attached hydrogens (tertiary/aromatic N) is 1. The van der Waals surface area contributed by atoms with Gasteiger partial charge in [-0.3, -0.25) is 9.59 Å². The minimum Gasteiger partial charge on any atom is -0.355 e. The number of carbonyl (C=O) groups excluding carboxylic acids is 1. The number of nitrogens with one attached hydrogen (secondary N) is 1. The van der Waals surface area contributed by atoms with Crippen LogP contribution in [0.25, 0.3) is 0 Å². The number of amides is 1. The fourth-order valence-electron chi connectivity index (χ4n) is 1.39. The first kappa shape index (κ1) is 12.5. The van der Waals surface area contributed by atoms with Gasteiger partial charge in [0.05, 0.1) is 0 Å². The van der Waals surface area contributed by atoms with Crippen LogP contribution in [0.3, 0.4) is 0 Å². The summed E-state index contributed by atoms with van der Waals surface area (Å²) >= 11 is 0. The van der Waals surface area contributed by atoms with E-state index in [4.69, 9.17) is 0 Å². The van der Waals surface area contributed by atoms with Crippen LogP contribution in [0, 0.1) is 6.92 Å². The summed E-state index contributed by atoms with van der Waals surface area (Å²) in [5.41, 5.74) is 0.831. The number of hydrogen-bond donors (Lipinski definition) is 1. The van der Waals surface area contributed by atoms with Crippen molar-refractivity contribution in [2.75, 3.05) is 6.54 Å². The fourth-order valence-corrected chi connectivity index (χ4v) is 1.39. The highest BCUT2D eigenvalue weighted by atomic mass is 16.2. The molecule has 0 atom stereocenters. The third-order valence-electron chi connectivity index (χ3n) is 2.30. The quantitative estimate of drug-likeness (QED) is 0.758. The summed E-state index contributed by atoms with van der Waals surface area (Å²) < 4.78 is 1.43. The number of aromatic nitrogens is 1. The summed E-state index contributed by atoms with van der Waals surface area (Å²) in [6.45, 7) is 4.74. The Morgan fingerprint density at radius 2 is 2.19 bits per heavy atom. The zero-order valence-corrected chi connectivity index (χ0v) is 9.82. The molecule has 1 heterocycles. The second kappa shape index (κ2) is 6.10. The molecule has 0 aromatic carbocycles. The van der Waals surface area contributed by atoms with E-state index in [1.807, 2.05) is 6.92 Å². The van der Waals surface area contributed by atoms with Crippen molar-refractivity contribution in [1.29, 1.82) is 0 Å². The minimum atomic E-state index is -0.142. The molecule has 0 spiro atoms. The summed E-state index contributed by atoms with van der Waals surface area (Å²) in [7, 11) is 0. The van der Waals surface area contributed by atoms with Crippen LogP contribution >= 0.6 is 0 Å². The first-order valence-corrected chi connectivity index (χ1v) is 5.57. The van der Waals surface area contributed by atoms with Crippen molar-refractivity contribution in [1.82, 2.24) is 9.88 Å². The topological polar surface area (TPSA) is 51.1 Å². The minimum absolute atomic E-state index is 0.101. The third kappa shape index (κ3) is 3.88. The van der Waals surface area contributed by atoms with Gasteiger partial charge in [-0.15, -0.1) is 0 Å². The normalized spacial score (nSPS) is 10.1. The molecule has 0 bridgehead atoms. The van der Waals surface area contributed by atoms with Crippen LogP contribution in [-0.2, 0) is 11.3 Å². The molecular weight excluding hydrogens is 204 g/mol. The Morgan fingerprint density at radius 1 is 1.44 bits per heavy atom. The summed E-state index contributed by atoms with van der Waals surface area (Å²) in [5.74, 6) is -0.110. The Hall–Kier alpha value is -1.58. The van der Waals surface area contributed by atoms with Gasteiger partial charge in [-0.25, -0.2) is 0 Å². The highest BCUT2D eigenvalue weighted by Gasteiger charge is 2.03. The van der Waals surface area contributed by atoms with Crippen molar-refractivity contribution in [2.45, 2.75) is 33.2 Å². The van der Waals surface area contributed by atoms with Gasteiger partial charge in [0.25, 0.3) is 5.56 Å². The molecule has 0 saturated heterocycles. The van der Waals surface area contributed by atoms with E-state index in [9.17, 15) is 9.59 Å². The van der Waals surface area contributed by atoms with E-state index < -0.39 is 0 Å². The van der Waals surface area contributed by atoms with Gasteiger partial charge in [-0.2, -0.15) is 0 Å². The Kier molecular flexibility index (Phi) is 4.76. The predicted molar refractivity (Wildman–Crippen MR) is 63.4 cm³/mol. The third-order valence-corrected chi connectivity index (χ3v) is 2.30. The highest BCUT2D eigenvalue weighted by Crippen LogP contribution is 1.92. The van der Waals surface area contributed by atoms with E-state index >= 15 is 0 Å². The monoisotopic (exact) mass is 222 g/mol. The van der Waals surface area contributed by atoms with Crippen LogP contribution in [-0.4, -0.2) is 17.0 Å². The average molecular weight is 222 g/mol. The average Bonchev–Trinajstić information content (AvgIpc) is 2.24.